The van der Waals surface area contributed by atoms with Crippen LogP contribution in [0.4, 0.5) is 0 Å². The van der Waals surface area contributed by atoms with Crippen LogP contribution in [-0.4, -0.2) is 42.2 Å². The van der Waals surface area contributed by atoms with E-state index >= 15 is 0 Å². The third kappa shape index (κ3) is 4.36. The molecule has 4 rings (SSSR count). The molecule has 2 aliphatic rings. The molecule has 2 aromatic rings. The van der Waals surface area contributed by atoms with Crippen molar-refractivity contribution >= 4 is 40.0 Å². The number of nitrogens with one attached hydrogen (secondary N) is 1. The van der Waals surface area contributed by atoms with Gasteiger partial charge < -0.3 is 10.2 Å². The number of thioether (sulfide) groups is 1. The van der Waals surface area contributed by atoms with Gasteiger partial charge in [-0.2, -0.15) is 0 Å². The molecule has 0 unspecified atom stereocenters. The van der Waals surface area contributed by atoms with E-state index in [4.69, 9.17) is 11.6 Å². The van der Waals surface area contributed by atoms with Crippen LogP contribution in [0.25, 0.3) is 10.8 Å². The van der Waals surface area contributed by atoms with E-state index in [0.29, 0.717) is 11.8 Å². The highest BCUT2D eigenvalue weighted by atomic mass is 35.5. The molecule has 0 atom stereocenters. The molecule has 0 spiro atoms. The van der Waals surface area contributed by atoms with E-state index in [1.54, 1.807) is 11.8 Å². The summed E-state index contributed by atoms with van der Waals surface area (Å²) < 4.78 is 0. The number of nitrogens with zero attached hydrogens (tertiary/aromatic N) is 1. The number of benzene rings is 2. The van der Waals surface area contributed by atoms with Gasteiger partial charge >= 0.3 is 0 Å². The van der Waals surface area contributed by atoms with Crippen molar-refractivity contribution in [1.82, 2.24) is 10.2 Å². The summed E-state index contributed by atoms with van der Waals surface area (Å²) in [6, 6.07) is 12.7. The average Bonchev–Trinajstić information content (AvgIpc) is 3.49. The molecule has 0 radical (unpaired) electrons. The molecule has 0 aromatic heterocycles. The van der Waals surface area contributed by atoms with Crippen molar-refractivity contribution in [2.24, 2.45) is 5.92 Å². The van der Waals surface area contributed by atoms with Crippen molar-refractivity contribution in [3.63, 3.8) is 0 Å². The highest BCUT2D eigenvalue weighted by molar-refractivity contribution is 8.00. The van der Waals surface area contributed by atoms with E-state index in [9.17, 15) is 4.79 Å². The van der Waals surface area contributed by atoms with Crippen molar-refractivity contribution in [2.45, 2.75) is 36.6 Å². The molecule has 3 nitrogen and oxygen atoms in total. The van der Waals surface area contributed by atoms with E-state index in [-0.39, 0.29) is 5.91 Å². The van der Waals surface area contributed by atoms with Gasteiger partial charge in [-0.15, -0.1) is 11.8 Å². The van der Waals surface area contributed by atoms with E-state index in [0.717, 1.165) is 59.1 Å². The fraction of sp³-hybridized carbons (Fsp3) is 0.476. The van der Waals surface area contributed by atoms with Crippen molar-refractivity contribution in [2.75, 3.05) is 25.4 Å². The van der Waals surface area contributed by atoms with Crippen LogP contribution in [-0.2, 0) is 4.79 Å². The number of likely N-dealkylation sites (tertiary alicyclic amines) is 1. The Morgan fingerprint density at radius 3 is 2.58 bits per heavy atom. The molecule has 0 bridgehead atoms. The Labute approximate surface area is 164 Å². The molecule has 26 heavy (non-hydrogen) atoms. The third-order valence-corrected chi connectivity index (χ3v) is 6.76. The highest BCUT2D eigenvalue weighted by Gasteiger charge is 2.26. The van der Waals surface area contributed by atoms with Gasteiger partial charge in [0, 0.05) is 34.4 Å². The molecule has 1 aliphatic carbocycles. The monoisotopic (exact) mass is 388 g/mol. The number of fused-ring (bicyclic) bond motifs is 1. The molecule has 1 aliphatic heterocycles. The molecular formula is C21H25ClN2OS. The minimum absolute atomic E-state index is 0.236. The van der Waals surface area contributed by atoms with Gasteiger partial charge in [0.2, 0.25) is 5.91 Å². The van der Waals surface area contributed by atoms with Crippen LogP contribution < -0.4 is 5.32 Å². The molecule has 1 amide bonds. The van der Waals surface area contributed by atoms with Crippen molar-refractivity contribution in [1.29, 1.82) is 0 Å². The fourth-order valence-corrected chi connectivity index (χ4v) is 4.95. The first-order valence-electron chi connectivity index (χ1n) is 9.52. The van der Waals surface area contributed by atoms with Crippen LogP contribution in [0.1, 0.15) is 25.7 Å². The predicted octanol–water partition coefficient (Wildman–Crippen LogP) is 4.58. The topological polar surface area (TPSA) is 32.3 Å². The summed E-state index contributed by atoms with van der Waals surface area (Å²) in [5, 5.41) is 6.60. The first-order valence-corrected chi connectivity index (χ1v) is 10.9. The van der Waals surface area contributed by atoms with Gasteiger partial charge in [0.25, 0.3) is 0 Å². The number of rotatable bonds is 6. The van der Waals surface area contributed by atoms with Crippen molar-refractivity contribution in [3.05, 3.63) is 41.4 Å². The van der Waals surface area contributed by atoms with Crippen LogP contribution in [0, 0.1) is 5.92 Å². The minimum Gasteiger partial charge on any atom is -0.342 e. The number of hydrogen-bond donors (Lipinski definition) is 1. The summed E-state index contributed by atoms with van der Waals surface area (Å²) in [5.74, 6) is 1.63. The maximum absolute atomic E-state index is 12.6. The zero-order valence-electron chi connectivity index (χ0n) is 14.9. The van der Waals surface area contributed by atoms with Gasteiger partial charge in [-0.25, -0.2) is 0 Å². The molecule has 5 heteroatoms. The largest absolute Gasteiger partial charge is 0.342 e. The SMILES string of the molecule is O=C(CSc1cccc2cccc(Cl)c12)N1CCC(NCC2CC2)CC1. The molecule has 1 saturated heterocycles. The van der Waals surface area contributed by atoms with Gasteiger partial charge in [-0.05, 0) is 55.7 Å². The second kappa shape index (κ2) is 8.20. The van der Waals surface area contributed by atoms with Gasteiger partial charge in [0.1, 0.15) is 0 Å². The lowest BCUT2D eigenvalue weighted by Gasteiger charge is -2.32. The molecule has 1 N–H and O–H groups in total. The van der Waals surface area contributed by atoms with Gasteiger partial charge in [-0.1, -0.05) is 35.9 Å². The molecule has 1 saturated carbocycles. The molecule has 2 fully saturated rings. The Balaban J connectivity index is 1.30. The number of amides is 1. The van der Waals surface area contributed by atoms with Crippen molar-refractivity contribution < 1.29 is 4.79 Å². The van der Waals surface area contributed by atoms with E-state index in [2.05, 4.69) is 23.5 Å². The fourth-order valence-electron chi connectivity index (χ4n) is 3.60. The van der Waals surface area contributed by atoms with E-state index < -0.39 is 0 Å². The minimum atomic E-state index is 0.236. The first kappa shape index (κ1) is 18.1. The normalized spacial score (nSPS) is 18.4. The number of piperidine rings is 1. The first-order chi connectivity index (χ1) is 12.7. The Morgan fingerprint density at radius 1 is 1.12 bits per heavy atom. The van der Waals surface area contributed by atoms with Crippen molar-refractivity contribution in [3.8, 4) is 0 Å². The van der Waals surface area contributed by atoms with Crippen LogP contribution in [0.15, 0.2) is 41.3 Å². The highest BCUT2D eigenvalue weighted by Crippen LogP contribution is 2.33. The second-order valence-corrected chi connectivity index (χ2v) is 8.81. The van der Waals surface area contributed by atoms with Crippen LogP contribution in [0.2, 0.25) is 5.02 Å². The number of hydrogen-bond acceptors (Lipinski definition) is 3. The Morgan fingerprint density at radius 2 is 1.85 bits per heavy atom. The smallest absolute Gasteiger partial charge is 0.232 e. The van der Waals surface area contributed by atoms with E-state index in [1.165, 1.54) is 12.8 Å². The lowest BCUT2D eigenvalue weighted by atomic mass is 10.0. The van der Waals surface area contributed by atoms with Crippen LogP contribution >= 0.6 is 23.4 Å². The molecule has 2 aromatic carbocycles. The van der Waals surface area contributed by atoms with Gasteiger partial charge in [0.15, 0.2) is 0 Å². The Hall–Kier alpha value is -1.23. The molecule has 138 valence electrons. The van der Waals surface area contributed by atoms with Crippen LogP contribution in [0.3, 0.4) is 0 Å². The quantitative estimate of drug-likeness (QED) is 0.735. The third-order valence-electron chi connectivity index (χ3n) is 5.41. The second-order valence-electron chi connectivity index (χ2n) is 7.39. The lowest BCUT2D eigenvalue weighted by molar-refractivity contribution is -0.129. The molecule has 1 heterocycles. The summed E-state index contributed by atoms with van der Waals surface area (Å²) >= 11 is 7.98. The number of carbonyl (C=O) groups is 1. The standard InChI is InChI=1S/C21H25ClN2OS/c22-18-5-1-3-16-4-2-6-19(21(16)18)26-14-20(25)24-11-9-17(10-12-24)23-13-15-7-8-15/h1-6,15,17,23H,7-14H2. The average molecular weight is 389 g/mol. The van der Waals surface area contributed by atoms with E-state index in [1.807, 2.05) is 23.1 Å². The summed E-state index contributed by atoms with van der Waals surface area (Å²) in [7, 11) is 0. The number of halogens is 1. The van der Waals surface area contributed by atoms with Gasteiger partial charge in [0.05, 0.1) is 5.75 Å². The Bertz CT molecular complexity index is 779. The molecular weight excluding hydrogens is 364 g/mol. The zero-order valence-corrected chi connectivity index (χ0v) is 16.5. The predicted molar refractivity (Wildman–Crippen MR) is 110 cm³/mol. The maximum Gasteiger partial charge on any atom is 0.232 e. The maximum atomic E-state index is 12.6. The summed E-state index contributed by atoms with van der Waals surface area (Å²) in [4.78, 5) is 15.7. The summed E-state index contributed by atoms with van der Waals surface area (Å²) in [6.07, 6.45) is 4.92. The Kier molecular flexibility index (Phi) is 5.72. The summed E-state index contributed by atoms with van der Waals surface area (Å²) in [5.41, 5.74) is 0. The van der Waals surface area contributed by atoms with Gasteiger partial charge in [-0.3, -0.25) is 4.79 Å². The number of carbonyl (C=O) groups excluding carboxylic acids is 1. The lowest BCUT2D eigenvalue weighted by Crippen LogP contribution is -2.45. The van der Waals surface area contributed by atoms with Crippen LogP contribution in [0.5, 0.6) is 0 Å². The zero-order chi connectivity index (χ0) is 17.9. The summed E-state index contributed by atoms with van der Waals surface area (Å²) in [6.45, 7) is 2.91.